The molecule has 136 valence electrons. The first kappa shape index (κ1) is 17.1. The molecule has 0 bridgehead atoms. The normalized spacial score (nSPS) is 10.9. The van der Waals surface area contributed by atoms with Gasteiger partial charge in [-0.15, -0.1) is 0 Å². The Hall–Kier alpha value is -3.32. The summed E-state index contributed by atoms with van der Waals surface area (Å²) in [5, 5.41) is 7.92. The average Bonchev–Trinajstić information content (AvgIpc) is 3.26. The molecule has 4 rings (SSSR count). The van der Waals surface area contributed by atoms with Gasteiger partial charge in [0.15, 0.2) is 11.4 Å². The molecule has 0 aliphatic heterocycles. The van der Waals surface area contributed by atoms with Gasteiger partial charge in [0, 0.05) is 5.02 Å². The molecule has 0 unspecified atom stereocenters. The van der Waals surface area contributed by atoms with E-state index in [0.717, 1.165) is 5.69 Å². The minimum absolute atomic E-state index is 0.218. The fourth-order valence-electron chi connectivity index (χ4n) is 2.65. The Balaban J connectivity index is 1.78. The lowest BCUT2D eigenvalue weighted by molar-refractivity contribution is 0.0527. The smallest absolute Gasteiger partial charge is 0.343 e. The van der Waals surface area contributed by atoms with E-state index < -0.39 is 5.97 Å². The molecule has 7 nitrogen and oxygen atoms in total. The molecule has 0 aliphatic carbocycles. The van der Waals surface area contributed by atoms with E-state index in [4.69, 9.17) is 20.8 Å². The Bertz CT molecular complexity index is 1100. The van der Waals surface area contributed by atoms with Gasteiger partial charge in [0.1, 0.15) is 11.1 Å². The maximum atomic E-state index is 12.3. The average molecular weight is 383 g/mol. The third-order valence-corrected chi connectivity index (χ3v) is 4.08. The van der Waals surface area contributed by atoms with Crippen molar-refractivity contribution in [2.75, 3.05) is 11.9 Å². The number of hydrogen-bond donors (Lipinski definition) is 1. The summed E-state index contributed by atoms with van der Waals surface area (Å²) in [7, 11) is 0. The van der Waals surface area contributed by atoms with Crippen LogP contribution < -0.4 is 5.32 Å². The second-order valence-corrected chi connectivity index (χ2v) is 6.07. The Labute approximate surface area is 159 Å². The summed E-state index contributed by atoms with van der Waals surface area (Å²) in [6.45, 7) is 2.01. The van der Waals surface area contributed by atoms with E-state index in [0.29, 0.717) is 21.9 Å². The maximum Gasteiger partial charge on any atom is 0.343 e. The number of hydrogen-bond acceptors (Lipinski definition) is 6. The molecule has 0 amide bonds. The summed E-state index contributed by atoms with van der Waals surface area (Å²) in [4.78, 5) is 16.7. The summed E-state index contributed by atoms with van der Waals surface area (Å²) < 4.78 is 12.4. The highest BCUT2D eigenvalue weighted by Crippen LogP contribution is 2.28. The predicted octanol–water partition coefficient (Wildman–Crippen LogP) is 4.59. The molecule has 8 heteroatoms. The number of nitrogens with one attached hydrogen (secondary N) is 1. The van der Waals surface area contributed by atoms with E-state index >= 15 is 0 Å². The zero-order valence-corrected chi connectivity index (χ0v) is 15.1. The number of carbonyl (C=O) groups is 1. The highest BCUT2D eigenvalue weighted by Gasteiger charge is 2.21. The van der Waals surface area contributed by atoms with Crippen LogP contribution in [0.3, 0.4) is 0 Å². The van der Waals surface area contributed by atoms with Gasteiger partial charge in [0.2, 0.25) is 0 Å². The number of para-hydroxylation sites is 1. The molecule has 0 aliphatic rings. The molecular formula is C19H15ClN4O3. The van der Waals surface area contributed by atoms with E-state index in [1.165, 1.54) is 6.20 Å². The first-order chi connectivity index (χ1) is 13.2. The van der Waals surface area contributed by atoms with Gasteiger partial charge in [-0.1, -0.05) is 29.8 Å². The molecule has 4 aromatic rings. The minimum Gasteiger partial charge on any atom is -0.462 e. The van der Waals surface area contributed by atoms with Gasteiger partial charge < -0.3 is 9.15 Å². The van der Waals surface area contributed by atoms with Gasteiger partial charge in [-0.2, -0.15) is 10.1 Å². The second-order valence-electron chi connectivity index (χ2n) is 5.63. The largest absolute Gasteiger partial charge is 0.462 e. The van der Waals surface area contributed by atoms with Gasteiger partial charge in [-0.05, 0) is 37.3 Å². The summed E-state index contributed by atoms with van der Waals surface area (Å²) in [5.41, 5.74) is 2.23. The van der Waals surface area contributed by atoms with Crippen molar-refractivity contribution >= 4 is 40.5 Å². The van der Waals surface area contributed by atoms with Crippen LogP contribution in [0.2, 0.25) is 5.02 Å². The van der Waals surface area contributed by atoms with Crippen molar-refractivity contribution < 1.29 is 13.9 Å². The Morgan fingerprint density at radius 1 is 1.26 bits per heavy atom. The molecule has 27 heavy (non-hydrogen) atoms. The maximum absolute atomic E-state index is 12.3. The van der Waals surface area contributed by atoms with Crippen LogP contribution in [-0.2, 0) is 4.74 Å². The highest BCUT2D eigenvalue weighted by atomic mass is 35.5. The fraction of sp³-hybridized carbons (Fsp3) is 0.105. The van der Waals surface area contributed by atoms with Crippen LogP contribution in [0.4, 0.5) is 11.8 Å². The molecule has 0 fully saturated rings. The van der Waals surface area contributed by atoms with Gasteiger partial charge in [-0.25, -0.2) is 9.48 Å². The van der Waals surface area contributed by atoms with Gasteiger partial charge in [0.25, 0.3) is 0 Å². The lowest BCUT2D eigenvalue weighted by Gasteiger charge is -2.09. The standard InChI is InChI=1S/C19H15ClN4O3/c1-2-26-18(25)14-11-21-24(13-6-4-3-5-7-13)17(14)23-19-22-15-10-12(20)8-9-16(15)27-19/h3-11H,2H2,1H3,(H,22,23). The zero-order valence-electron chi connectivity index (χ0n) is 14.3. The lowest BCUT2D eigenvalue weighted by Crippen LogP contribution is -2.09. The minimum atomic E-state index is -0.485. The van der Waals surface area contributed by atoms with Crippen LogP contribution in [0.1, 0.15) is 17.3 Å². The van der Waals surface area contributed by atoms with Gasteiger partial charge in [-0.3, -0.25) is 5.32 Å². The van der Waals surface area contributed by atoms with Crippen LogP contribution in [-0.4, -0.2) is 27.3 Å². The van der Waals surface area contributed by atoms with Crippen LogP contribution in [0.15, 0.2) is 59.1 Å². The van der Waals surface area contributed by atoms with Crippen molar-refractivity contribution in [2.45, 2.75) is 6.92 Å². The van der Waals surface area contributed by atoms with Gasteiger partial charge in [0.05, 0.1) is 18.5 Å². The van der Waals surface area contributed by atoms with Crippen molar-refractivity contribution in [3.8, 4) is 5.69 Å². The number of halogens is 1. The van der Waals surface area contributed by atoms with E-state index in [9.17, 15) is 4.79 Å². The van der Waals surface area contributed by atoms with E-state index in [2.05, 4.69) is 15.4 Å². The lowest BCUT2D eigenvalue weighted by atomic mass is 10.3. The first-order valence-corrected chi connectivity index (χ1v) is 8.67. The number of aromatic nitrogens is 3. The van der Waals surface area contributed by atoms with E-state index in [1.807, 2.05) is 30.3 Å². The SMILES string of the molecule is CCOC(=O)c1cnn(-c2ccccc2)c1Nc1nc2cc(Cl)ccc2o1. The number of esters is 1. The number of rotatable bonds is 5. The molecule has 0 saturated carbocycles. The van der Waals surface area contributed by atoms with Gasteiger partial charge >= 0.3 is 12.0 Å². The van der Waals surface area contributed by atoms with Crippen LogP contribution in [0.5, 0.6) is 0 Å². The fourth-order valence-corrected chi connectivity index (χ4v) is 2.81. The quantitative estimate of drug-likeness (QED) is 0.508. The number of nitrogens with zero attached hydrogens (tertiary/aromatic N) is 3. The molecule has 0 saturated heterocycles. The summed E-state index contributed by atoms with van der Waals surface area (Å²) >= 11 is 6.00. The monoisotopic (exact) mass is 382 g/mol. The number of carbonyl (C=O) groups excluding carboxylic acids is 1. The molecular weight excluding hydrogens is 368 g/mol. The predicted molar refractivity (Wildman–Crippen MR) is 102 cm³/mol. The third-order valence-electron chi connectivity index (χ3n) is 3.84. The Kier molecular flexibility index (Phi) is 4.52. The Morgan fingerprint density at radius 2 is 2.07 bits per heavy atom. The topological polar surface area (TPSA) is 82.2 Å². The first-order valence-electron chi connectivity index (χ1n) is 8.29. The van der Waals surface area contributed by atoms with Crippen molar-refractivity contribution in [3.63, 3.8) is 0 Å². The van der Waals surface area contributed by atoms with Crippen LogP contribution >= 0.6 is 11.6 Å². The van der Waals surface area contributed by atoms with Crippen molar-refractivity contribution in [3.05, 3.63) is 65.3 Å². The number of fused-ring (bicyclic) bond motifs is 1. The molecule has 0 atom stereocenters. The number of benzene rings is 2. The van der Waals surface area contributed by atoms with E-state index in [-0.39, 0.29) is 18.2 Å². The van der Waals surface area contributed by atoms with E-state index in [1.54, 1.807) is 29.8 Å². The molecule has 2 heterocycles. The summed E-state index contributed by atoms with van der Waals surface area (Å²) in [6.07, 6.45) is 1.45. The number of ether oxygens (including phenoxy) is 1. The van der Waals surface area contributed by atoms with Crippen molar-refractivity contribution in [1.82, 2.24) is 14.8 Å². The highest BCUT2D eigenvalue weighted by molar-refractivity contribution is 6.31. The van der Waals surface area contributed by atoms with Crippen molar-refractivity contribution in [1.29, 1.82) is 0 Å². The molecule has 2 aromatic carbocycles. The Morgan fingerprint density at radius 3 is 2.85 bits per heavy atom. The molecule has 1 N–H and O–H groups in total. The zero-order chi connectivity index (χ0) is 18.8. The third kappa shape index (κ3) is 3.37. The summed E-state index contributed by atoms with van der Waals surface area (Å²) in [6, 6.07) is 14.8. The number of oxazole rings is 1. The molecule has 0 spiro atoms. The summed E-state index contributed by atoms with van der Waals surface area (Å²) in [5.74, 6) is -0.0846. The van der Waals surface area contributed by atoms with Crippen molar-refractivity contribution in [2.24, 2.45) is 0 Å². The molecule has 2 aromatic heterocycles. The van der Waals surface area contributed by atoms with Crippen LogP contribution in [0, 0.1) is 0 Å². The molecule has 0 radical (unpaired) electrons. The number of anilines is 2. The van der Waals surface area contributed by atoms with Crippen LogP contribution in [0.25, 0.3) is 16.8 Å². The second kappa shape index (κ2) is 7.13.